The van der Waals surface area contributed by atoms with Gasteiger partial charge < -0.3 is 5.11 Å². The molecule has 1 heterocycles. The van der Waals surface area contributed by atoms with Crippen LogP contribution in [0.3, 0.4) is 0 Å². The minimum absolute atomic E-state index is 0.868. The van der Waals surface area contributed by atoms with Crippen molar-refractivity contribution in [3.05, 3.63) is 36.0 Å². The molecule has 0 fully saturated rings. The van der Waals surface area contributed by atoms with E-state index in [1.807, 2.05) is 31.2 Å². The van der Waals surface area contributed by atoms with Crippen LogP contribution in [0.25, 0.3) is 10.9 Å². The predicted molar refractivity (Wildman–Crippen MR) is 54.1 cm³/mol. The van der Waals surface area contributed by atoms with Crippen molar-refractivity contribution in [2.75, 3.05) is 5.43 Å². The number of carboxylic acid groups (broad SMARTS) is 1. The average molecular weight is 190 g/mol. The van der Waals surface area contributed by atoms with Gasteiger partial charge >= 0.3 is 6.09 Å². The van der Waals surface area contributed by atoms with Crippen LogP contribution in [-0.4, -0.2) is 15.9 Å². The van der Waals surface area contributed by atoms with Crippen LogP contribution in [0, 0.1) is 6.92 Å². The third-order valence-electron chi connectivity index (χ3n) is 2.13. The fourth-order valence-corrected chi connectivity index (χ4v) is 1.55. The fourth-order valence-electron chi connectivity index (χ4n) is 1.55. The molecule has 0 saturated heterocycles. The van der Waals surface area contributed by atoms with Crippen molar-refractivity contribution in [2.24, 2.45) is 0 Å². The van der Waals surface area contributed by atoms with Gasteiger partial charge in [0.15, 0.2) is 0 Å². The van der Waals surface area contributed by atoms with Crippen LogP contribution >= 0.6 is 0 Å². The van der Waals surface area contributed by atoms with E-state index in [1.54, 1.807) is 6.20 Å². The Morgan fingerprint density at radius 3 is 2.86 bits per heavy atom. The molecule has 0 radical (unpaired) electrons. The molecule has 0 aliphatic carbocycles. The highest BCUT2D eigenvalue weighted by atomic mass is 16.4. The molecule has 2 rings (SSSR count). The average Bonchev–Trinajstić information content (AvgIpc) is 2.44. The Morgan fingerprint density at radius 1 is 1.43 bits per heavy atom. The Bertz CT molecular complexity index is 488. The topological polar surface area (TPSA) is 54.3 Å². The number of nitrogens with one attached hydrogen (secondary N) is 1. The van der Waals surface area contributed by atoms with Gasteiger partial charge in [0.2, 0.25) is 0 Å². The number of aromatic nitrogens is 1. The van der Waals surface area contributed by atoms with Gasteiger partial charge in [-0.3, -0.25) is 4.68 Å². The SMILES string of the molecule is Cc1cn(NC(=O)O)c2ccccc12. The standard InChI is InChI=1S/C10H10N2O2/c1-7-6-12(11-10(13)14)9-5-3-2-4-8(7)9/h2-6,11H,1H3,(H,13,14). The summed E-state index contributed by atoms with van der Waals surface area (Å²) in [6.07, 6.45) is 0.699. The van der Waals surface area contributed by atoms with Crippen molar-refractivity contribution in [3.63, 3.8) is 0 Å². The van der Waals surface area contributed by atoms with Crippen LogP contribution in [0.1, 0.15) is 5.56 Å². The number of hydrogen-bond donors (Lipinski definition) is 2. The van der Waals surface area contributed by atoms with Gasteiger partial charge in [0.1, 0.15) is 0 Å². The Hall–Kier alpha value is -1.97. The largest absolute Gasteiger partial charge is 0.464 e. The first-order valence-corrected chi connectivity index (χ1v) is 4.25. The van der Waals surface area contributed by atoms with Crippen molar-refractivity contribution >= 4 is 17.0 Å². The third kappa shape index (κ3) is 1.31. The van der Waals surface area contributed by atoms with Crippen molar-refractivity contribution in [1.82, 2.24) is 4.68 Å². The molecule has 4 nitrogen and oxygen atoms in total. The lowest BCUT2D eigenvalue weighted by atomic mass is 10.2. The molecule has 0 saturated carbocycles. The van der Waals surface area contributed by atoms with Crippen LogP contribution in [-0.2, 0) is 0 Å². The van der Waals surface area contributed by atoms with Gasteiger partial charge in [-0.15, -0.1) is 0 Å². The molecule has 1 aromatic heterocycles. The molecule has 2 aromatic rings. The zero-order valence-corrected chi connectivity index (χ0v) is 7.69. The van der Waals surface area contributed by atoms with Gasteiger partial charge in [-0.2, -0.15) is 0 Å². The minimum Gasteiger partial charge on any atom is -0.464 e. The normalized spacial score (nSPS) is 10.4. The summed E-state index contributed by atoms with van der Waals surface area (Å²) in [5.41, 5.74) is 4.22. The molecular formula is C10H10N2O2. The lowest BCUT2D eigenvalue weighted by Crippen LogP contribution is -2.19. The molecule has 0 aliphatic rings. The number of fused-ring (bicyclic) bond motifs is 1. The van der Waals surface area contributed by atoms with E-state index in [-0.39, 0.29) is 0 Å². The first kappa shape index (κ1) is 8.62. The Labute approximate surface area is 80.7 Å². The number of hydrogen-bond acceptors (Lipinski definition) is 1. The summed E-state index contributed by atoms with van der Waals surface area (Å²) in [4.78, 5) is 10.5. The van der Waals surface area contributed by atoms with Gasteiger partial charge in [-0.05, 0) is 18.6 Å². The first-order valence-electron chi connectivity index (χ1n) is 4.25. The summed E-state index contributed by atoms with van der Waals surface area (Å²) >= 11 is 0. The molecule has 0 atom stereocenters. The van der Waals surface area contributed by atoms with Gasteiger partial charge in [0, 0.05) is 11.6 Å². The Balaban J connectivity index is 2.60. The van der Waals surface area contributed by atoms with Gasteiger partial charge in [0.25, 0.3) is 0 Å². The lowest BCUT2D eigenvalue weighted by molar-refractivity contribution is 0.206. The zero-order chi connectivity index (χ0) is 10.1. The molecule has 1 amide bonds. The summed E-state index contributed by atoms with van der Waals surface area (Å²) in [6, 6.07) is 7.64. The van der Waals surface area contributed by atoms with Crippen molar-refractivity contribution in [2.45, 2.75) is 6.92 Å². The van der Waals surface area contributed by atoms with Crippen molar-refractivity contribution < 1.29 is 9.90 Å². The molecule has 0 bridgehead atoms. The molecular weight excluding hydrogens is 180 g/mol. The number of rotatable bonds is 1. The second-order valence-electron chi connectivity index (χ2n) is 3.12. The summed E-state index contributed by atoms with van der Waals surface area (Å²) in [5, 5.41) is 9.66. The molecule has 4 heteroatoms. The second-order valence-corrected chi connectivity index (χ2v) is 3.12. The number of carbonyl (C=O) groups is 1. The van der Waals surface area contributed by atoms with E-state index in [2.05, 4.69) is 5.43 Å². The number of benzene rings is 1. The molecule has 0 aliphatic heterocycles. The molecule has 2 N–H and O–H groups in total. The highest BCUT2D eigenvalue weighted by Crippen LogP contribution is 2.18. The van der Waals surface area contributed by atoms with Crippen LogP contribution in [0.4, 0.5) is 4.79 Å². The van der Waals surface area contributed by atoms with E-state index in [9.17, 15) is 4.79 Å². The van der Waals surface area contributed by atoms with E-state index in [1.165, 1.54) is 4.68 Å². The lowest BCUT2D eigenvalue weighted by Gasteiger charge is -2.02. The van der Waals surface area contributed by atoms with E-state index < -0.39 is 6.09 Å². The van der Waals surface area contributed by atoms with E-state index in [0.717, 1.165) is 16.5 Å². The number of amides is 1. The summed E-state index contributed by atoms with van der Waals surface area (Å²) in [5.74, 6) is 0. The van der Waals surface area contributed by atoms with Crippen LogP contribution in [0.2, 0.25) is 0 Å². The first-order chi connectivity index (χ1) is 6.68. The van der Waals surface area contributed by atoms with Crippen LogP contribution in [0.5, 0.6) is 0 Å². The Kier molecular flexibility index (Phi) is 1.89. The highest BCUT2D eigenvalue weighted by molar-refractivity contribution is 5.86. The number of para-hydroxylation sites is 1. The quantitative estimate of drug-likeness (QED) is 0.724. The smallest absolute Gasteiger partial charge is 0.423 e. The van der Waals surface area contributed by atoms with Crippen LogP contribution < -0.4 is 5.43 Å². The Morgan fingerprint density at radius 2 is 2.14 bits per heavy atom. The molecule has 0 unspecified atom stereocenters. The maximum Gasteiger partial charge on any atom is 0.423 e. The molecule has 14 heavy (non-hydrogen) atoms. The summed E-state index contributed by atoms with van der Waals surface area (Å²) in [7, 11) is 0. The maximum atomic E-state index is 10.5. The van der Waals surface area contributed by atoms with E-state index in [4.69, 9.17) is 5.11 Å². The second kappa shape index (κ2) is 3.06. The van der Waals surface area contributed by atoms with E-state index >= 15 is 0 Å². The summed E-state index contributed by atoms with van der Waals surface area (Å²) < 4.78 is 1.51. The van der Waals surface area contributed by atoms with Gasteiger partial charge in [-0.25, -0.2) is 10.2 Å². The van der Waals surface area contributed by atoms with Gasteiger partial charge in [0.05, 0.1) is 5.52 Å². The van der Waals surface area contributed by atoms with Crippen LogP contribution in [0.15, 0.2) is 30.5 Å². The monoisotopic (exact) mass is 190 g/mol. The molecule has 0 spiro atoms. The van der Waals surface area contributed by atoms with E-state index in [0.29, 0.717) is 0 Å². The number of nitrogens with zero attached hydrogens (tertiary/aromatic N) is 1. The van der Waals surface area contributed by atoms with Crippen molar-refractivity contribution in [1.29, 1.82) is 0 Å². The van der Waals surface area contributed by atoms with Gasteiger partial charge in [-0.1, -0.05) is 18.2 Å². The predicted octanol–water partition coefficient (Wildman–Crippen LogP) is 2.17. The molecule has 72 valence electrons. The maximum absolute atomic E-state index is 10.5. The fraction of sp³-hybridized carbons (Fsp3) is 0.100. The molecule has 1 aromatic carbocycles. The minimum atomic E-state index is -1.06. The highest BCUT2D eigenvalue weighted by Gasteiger charge is 2.05. The summed E-state index contributed by atoms with van der Waals surface area (Å²) in [6.45, 7) is 1.95. The number of aryl methyl sites for hydroxylation is 1. The van der Waals surface area contributed by atoms with Crippen molar-refractivity contribution in [3.8, 4) is 0 Å². The third-order valence-corrected chi connectivity index (χ3v) is 2.13. The zero-order valence-electron chi connectivity index (χ0n) is 7.69.